The summed E-state index contributed by atoms with van der Waals surface area (Å²) in [6.45, 7) is 5.45. The van der Waals surface area contributed by atoms with E-state index in [-0.39, 0.29) is 11.8 Å². The van der Waals surface area contributed by atoms with Crippen LogP contribution >= 0.6 is 11.8 Å². The Balaban J connectivity index is 1.54. The van der Waals surface area contributed by atoms with Gasteiger partial charge in [0.2, 0.25) is 0 Å². The van der Waals surface area contributed by atoms with Gasteiger partial charge in [-0.05, 0) is 61.9 Å². The van der Waals surface area contributed by atoms with Crippen LogP contribution in [0.4, 0.5) is 5.69 Å². The zero-order valence-electron chi connectivity index (χ0n) is 17.6. The van der Waals surface area contributed by atoms with Gasteiger partial charge in [-0.3, -0.25) is 9.59 Å². The lowest BCUT2D eigenvalue weighted by molar-refractivity contribution is 0.0947. The third-order valence-corrected chi connectivity index (χ3v) is 6.24. The molecule has 3 aromatic rings. The van der Waals surface area contributed by atoms with Gasteiger partial charge in [0, 0.05) is 28.4 Å². The Morgan fingerprint density at radius 3 is 2.52 bits per heavy atom. The van der Waals surface area contributed by atoms with Crippen molar-refractivity contribution in [1.29, 1.82) is 0 Å². The molecule has 0 unspecified atom stereocenters. The number of nitrogens with one attached hydrogen (secondary N) is 1. The highest BCUT2D eigenvalue weighted by atomic mass is 32.2. The van der Waals surface area contributed by atoms with Crippen molar-refractivity contribution in [2.45, 2.75) is 30.2 Å². The third kappa shape index (κ3) is 4.44. The van der Waals surface area contributed by atoms with Crippen molar-refractivity contribution in [2.75, 3.05) is 18.1 Å². The minimum atomic E-state index is -0.174. The molecule has 1 aliphatic rings. The molecule has 1 heterocycles. The van der Waals surface area contributed by atoms with Crippen molar-refractivity contribution >= 4 is 29.3 Å². The maximum Gasteiger partial charge on any atom is 0.259 e. The van der Waals surface area contributed by atoms with Gasteiger partial charge in [-0.15, -0.1) is 0 Å². The van der Waals surface area contributed by atoms with Crippen LogP contribution in [0.3, 0.4) is 0 Å². The molecule has 0 saturated heterocycles. The van der Waals surface area contributed by atoms with Crippen LogP contribution in [0.5, 0.6) is 5.75 Å². The van der Waals surface area contributed by atoms with E-state index in [1.807, 2.05) is 80.6 Å². The second kappa shape index (κ2) is 9.27. The number of nitrogens with zero attached hydrogens (tertiary/aromatic N) is 1. The molecule has 1 aliphatic heterocycles. The van der Waals surface area contributed by atoms with Crippen LogP contribution in [-0.2, 0) is 6.54 Å². The predicted octanol–water partition coefficient (Wildman–Crippen LogP) is 5.15. The van der Waals surface area contributed by atoms with Gasteiger partial charge in [-0.2, -0.15) is 0 Å². The van der Waals surface area contributed by atoms with E-state index in [1.165, 1.54) is 0 Å². The van der Waals surface area contributed by atoms with Gasteiger partial charge in [-0.1, -0.05) is 36.0 Å². The monoisotopic (exact) mass is 432 g/mol. The number of rotatable bonds is 6. The molecule has 0 bridgehead atoms. The topological polar surface area (TPSA) is 58.6 Å². The van der Waals surface area contributed by atoms with Crippen molar-refractivity contribution in [2.24, 2.45) is 0 Å². The van der Waals surface area contributed by atoms with E-state index in [0.29, 0.717) is 30.8 Å². The summed E-state index contributed by atoms with van der Waals surface area (Å²) in [5.74, 6) is 0.592. The lowest BCUT2D eigenvalue weighted by atomic mass is 10.1. The molecule has 31 heavy (non-hydrogen) atoms. The molecule has 3 aromatic carbocycles. The Kier molecular flexibility index (Phi) is 6.28. The van der Waals surface area contributed by atoms with Gasteiger partial charge in [0.15, 0.2) is 0 Å². The fourth-order valence-corrected chi connectivity index (χ4v) is 4.59. The molecule has 0 saturated carbocycles. The fraction of sp³-hybridized carbons (Fsp3) is 0.200. The van der Waals surface area contributed by atoms with Crippen molar-refractivity contribution in [3.05, 3.63) is 83.4 Å². The molecule has 0 atom stereocenters. The second-order valence-corrected chi connectivity index (χ2v) is 8.17. The molecule has 0 spiro atoms. The molecule has 2 amide bonds. The fourth-order valence-electron chi connectivity index (χ4n) is 3.53. The molecule has 0 aromatic heterocycles. The summed E-state index contributed by atoms with van der Waals surface area (Å²) in [4.78, 5) is 29.5. The Hall–Kier alpha value is -3.25. The number of hydrogen-bond donors (Lipinski definition) is 1. The number of amides is 2. The SMILES string of the molecule is CCOc1ccc(CNC(=O)c2ccc3c(c2)N(CC)C(=O)c2ccccc2S3)cc1. The molecule has 0 fully saturated rings. The predicted molar refractivity (Wildman–Crippen MR) is 123 cm³/mol. The highest BCUT2D eigenvalue weighted by molar-refractivity contribution is 7.99. The number of fused-ring (bicyclic) bond motifs is 2. The van der Waals surface area contributed by atoms with Crippen molar-refractivity contribution in [3.63, 3.8) is 0 Å². The van der Waals surface area contributed by atoms with E-state index < -0.39 is 0 Å². The smallest absolute Gasteiger partial charge is 0.259 e. The summed E-state index contributed by atoms with van der Waals surface area (Å²) in [5, 5.41) is 2.96. The number of ether oxygens (including phenoxy) is 1. The molecular weight excluding hydrogens is 408 g/mol. The average Bonchev–Trinajstić information content (AvgIpc) is 2.91. The summed E-state index contributed by atoms with van der Waals surface area (Å²) in [5.41, 5.74) is 2.97. The lowest BCUT2D eigenvalue weighted by Crippen LogP contribution is -2.31. The largest absolute Gasteiger partial charge is 0.494 e. The number of carbonyl (C=O) groups is 2. The van der Waals surface area contributed by atoms with Gasteiger partial charge >= 0.3 is 0 Å². The van der Waals surface area contributed by atoms with Crippen molar-refractivity contribution in [1.82, 2.24) is 5.32 Å². The molecule has 5 nitrogen and oxygen atoms in total. The van der Waals surface area contributed by atoms with Crippen LogP contribution in [-0.4, -0.2) is 25.0 Å². The van der Waals surface area contributed by atoms with Crippen LogP contribution in [0.1, 0.15) is 40.1 Å². The Labute approximate surface area is 186 Å². The highest BCUT2D eigenvalue weighted by Crippen LogP contribution is 2.41. The van der Waals surface area contributed by atoms with E-state index in [1.54, 1.807) is 16.7 Å². The van der Waals surface area contributed by atoms with E-state index in [0.717, 1.165) is 26.8 Å². The molecule has 0 aliphatic carbocycles. The quantitative estimate of drug-likeness (QED) is 0.585. The normalized spacial score (nSPS) is 12.6. The van der Waals surface area contributed by atoms with E-state index >= 15 is 0 Å². The maximum atomic E-state index is 13.1. The van der Waals surface area contributed by atoms with Gasteiger partial charge in [0.1, 0.15) is 5.75 Å². The van der Waals surface area contributed by atoms with E-state index in [2.05, 4.69) is 5.32 Å². The maximum absolute atomic E-state index is 13.1. The first-order chi connectivity index (χ1) is 15.1. The molecule has 6 heteroatoms. The van der Waals surface area contributed by atoms with Gasteiger partial charge in [-0.25, -0.2) is 0 Å². The van der Waals surface area contributed by atoms with Crippen molar-refractivity contribution in [3.8, 4) is 5.75 Å². The molecule has 4 rings (SSSR count). The Bertz CT molecular complexity index is 1110. The molecule has 0 radical (unpaired) electrons. The van der Waals surface area contributed by atoms with E-state index in [4.69, 9.17) is 4.74 Å². The first-order valence-electron chi connectivity index (χ1n) is 10.3. The van der Waals surface area contributed by atoms with Crippen LogP contribution in [0.15, 0.2) is 76.5 Å². The molecule has 1 N–H and O–H groups in total. The number of hydrogen-bond acceptors (Lipinski definition) is 4. The van der Waals surface area contributed by atoms with Gasteiger partial charge in [0.25, 0.3) is 11.8 Å². The minimum absolute atomic E-state index is 0.0451. The van der Waals surface area contributed by atoms with Crippen molar-refractivity contribution < 1.29 is 14.3 Å². The molecule has 158 valence electrons. The van der Waals surface area contributed by atoms with Gasteiger partial charge < -0.3 is 15.0 Å². The number of carbonyl (C=O) groups excluding carboxylic acids is 2. The first kappa shape index (κ1) is 21.0. The third-order valence-electron chi connectivity index (χ3n) is 5.10. The van der Waals surface area contributed by atoms with E-state index in [9.17, 15) is 9.59 Å². The minimum Gasteiger partial charge on any atom is -0.494 e. The Morgan fingerprint density at radius 1 is 1.00 bits per heavy atom. The second-order valence-electron chi connectivity index (χ2n) is 7.09. The summed E-state index contributed by atoms with van der Waals surface area (Å²) in [6.07, 6.45) is 0. The van der Waals surface area contributed by atoms with Crippen LogP contribution in [0.25, 0.3) is 0 Å². The summed E-state index contributed by atoms with van der Waals surface area (Å²) in [7, 11) is 0. The summed E-state index contributed by atoms with van der Waals surface area (Å²) < 4.78 is 5.45. The standard InChI is InChI=1S/C25H24N2O3S/c1-3-27-21-15-18(24(28)26-16-17-9-12-19(13-10-17)30-4-2)11-14-23(21)31-22-8-6-5-7-20(22)25(27)29/h5-15H,3-4,16H2,1-2H3,(H,26,28). The van der Waals surface area contributed by atoms with Crippen LogP contribution in [0, 0.1) is 0 Å². The summed E-state index contributed by atoms with van der Waals surface area (Å²) in [6, 6.07) is 20.8. The zero-order chi connectivity index (χ0) is 21.8. The lowest BCUT2D eigenvalue weighted by Gasteiger charge is -2.21. The Morgan fingerprint density at radius 2 is 1.77 bits per heavy atom. The first-order valence-corrected chi connectivity index (χ1v) is 11.1. The highest BCUT2D eigenvalue weighted by Gasteiger charge is 2.26. The number of anilines is 1. The van der Waals surface area contributed by atoms with Crippen LogP contribution in [0.2, 0.25) is 0 Å². The average molecular weight is 433 g/mol. The number of benzene rings is 3. The van der Waals surface area contributed by atoms with Crippen LogP contribution < -0.4 is 15.0 Å². The molecular formula is C25H24N2O3S. The zero-order valence-corrected chi connectivity index (χ0v) is 18.4. The summed E-state index contributed by atoms with van der Waals surface area (Å²) >= 11 is 1.56. The van der Waals surface area contributed by atoms with Gasteiger partial charge in [0.05, 0.1) is 17.9 Å².